The number of hydrogen-bond donors (Lipinski definition) is 2. The molecule has 0 aliphatic heterocycles. The molecule has 0 saturated carbocycles. The Kier molecular flexibility index (Phi) is 5.75. The average Bonchev–Trinajstić information content (AvgIpc) is 2.47. The minimum atomic E-state index is -0.256. The van der Waals surface area contributed by atoms with Gasteiger partial charge in [0.2, 0.25) is 0 Å². The normalized spacial score (nSPS) is 11.3. The van der Waals surface area contributed by atoms with Crippen molar-refractivity contribution in [2.75, 3.05) is 7.05 Å². The molecule has 0 amide bonds. The molecule has 21 heavy (non-hydrogen) atoms. The topological polar surface area (TPSA) is 36.4 Å². The average molecular weight is 350 g/mol. The second-order valence-corrected chi connectivity index (χ2v) is 5.46. The summed E-state index contributed by atoms with van der Waals surface area (Å²) in [7, 11) is 1.71. The summed E-state index contributed by atoms with van der Waals surface area (Å²) in [5.41, 5.74) is 2.03. The lowest BCUT2D eigenvalue weighted by Gasteiger charge is -2.12. The van der Waals surface area contributed by atoms with E-state index >= 15 is 0 Å². The highest BCUT2D eigenvalue weighted by molar-refractivity contribution is 9.10. The van der Waals surface area contributed by atoms with Crippen LogP contribution in [0.2, 0.25) is 0 Å². The Morgan fingerprint density at radius 3 is 2.33 bits per heavy atom. The van der Waals surface area contributed by atoms with Gasteiger partial charge in [-0.2, -0.15) is 0 Å². The molecule has 0 aromatic heterocycles. The first-order valence-corrected chi connectivity index (χ1v) is 7.40. The summed E-state index contributed by atoms with van der Waals surface area (Å²) in [4.78, 5) is 4.15. The van der Waals surface area contributed by atoms with Crippen LogP contribution in [-0.4, -0.2) is 13.0 Å². The summed E-state index contributed by atoms with van der Waals surface area (Å²) in [5.74, 6) is 0.424. The molecule has 2 rings (SSSR count). The molecule has 0 saturated heterocycles. The van der Waals surface area contributed by atoms with Crippen molar-refractivity contribution in [1.82, 2.24) is 10.6 Å². The van der Waals surface area contributed by atoms with Gasteiger partial charge in [0.25, 0.3) is 0 Å². The van der Waals surface area contributed by atoms with Gasteiger partial charge in [0.1, 0.15) is 5.82 Å². The third-order valence-electron chi connectivity index (χ3n) is 2.91. The third kappa shape index (κ3) is 5.19. The van der Waals surface area contributed by atoms with Gasteiger partial charge in [-0.05, 0) is 29.3 Å². The molecule has 110 valence electrons. The van der Waals surface area contributed by atoms with Crippen LogP contribution in [0.5, 0.6) is 0 Å². The van der Waals surface area contributed by atoms with Crippen molar-refractivity contribution < 1.29 is 4.39 Å². The van der Waals surface area contributed by atoms with Crippen LogP contribution in [0.15, 0.2) is 58.0 Å². The van der Waals surface area contributed by atoms with E-state index in [1.165, 1.54) is 17.7 Å². The maximum Gasteiger partial charge on any atom is 0.191 e. The van der Waals surface area contributed by atoms with Crippen molar-refractivity contribution in [3.8, 4) is 0 Å². The van der Waals surface area contributed by atoms with Crippen LogP contribution in [0, 0.1) is 5.82 Å². The zero-order valence-electron chi connectivity index (χ0n) is 11.7. The van der Waals surface area contributed by atoms with E-state index in [-0.39, 0.29) is 5.82 Å². The quantitative estimate of drug-likeness (QED) is 0.655. The Hall–Kier alpha value is -1.88. The second-order valence-electron chi connectivity index (χ2n) is 4.54. The molecular weight excluding hydrogens is 333 g/mol. The fourth-order valence-corrected chi connectivity index (χ4v) is 2.41. The molecule has 0 unspecified atom stereocenters. The van der Waals surface area contributed by atoms with Crippen LogP contribution < -0.4 is 10.6 Å². The third-order valence-corrected chi connectivity index (χ3v) is 3.37. The second kappa shape index (κ2) is 7.78. The van der Waals surface area contributed by atoms with Crippen LogP contribution >= 0.6 is 15.9 Å². The van der Waals surface area contributed by atoms with Gasteiger partial charge in [-0.1, -0.05) is 46.3 Å². The first-order chi connectivity index (χ1) is 10.2. The number of aliphatic imine (C=N–C) groups is 1. The molecule has 0 aliphatic rings. The van der Waals surface area contributed by atoms with Crippen LogP contribution in [-0.2, 0) is 13.1 Å². The van der Waals surface area contributed by atoms with Crippen LogP contribution in [0.3, 0.4) is 0 Å². The van der Waals surface area contributed by atoms with Crippen molar-refractivity contribution in [3.05, 3.63) is 69.9 Å². The summed E-state index contributed by atoms with van der Waals surface area (Å²) < 4.78 is 14.0. The van der Waals surface area contributed by atoms with E-state index in [2.05, 4.69) is 31.6 Å². The molecule has 0 atom stereocenters. The maximum atomic E-state index is 13.3. The highest BCUT2D eigenvalue weighted by atomic mass is 79.9. The lowest BCUT2D eigenvalue weighted by Crippen LogP contribution is -2.36. The van der Waals surface area contributed by atoms with E-state index in [1.807, 2.05) is 36.4 Å². The summed E-state index contributed by atoms with van der Waals surface area (Å²) in [6, 6.07) is 14.9. The summed E-state index contributed by atoms with van der Waals surface area (Å²) >= 11 is 3.28. The van der Waals surface area contributed by atoms with E-state index < -0.39 is 0 Å². The molecular formula is C16H17BrFN3. The van der Waals surface area contributed by atoms with Crippen molar-refractivity contribution >= 4 is 21.9 Å². The Bertz CT molecular complexity index is 594. The van der Waals surface area contributed by atoms with Crippen LogP contribution in [0.25, 0.3) is 0 Å². The van der Waals surface area contributed by atoms with Crippen molar-refractivity contribution in [3.63, 3.8) is 0 Å². The van der Waals surface area contributed by atoms with Crippen molar-refractivity contribution in [2.24, 2.45) is 4.99 Å². The molecule has 0 bridgehead atoms. The first kappa shape index (κ1) is 15.5. The summed E-state index contributed by atoms with van der Waals surface area (Å²) in [5, 5.41) is 6.38. The maximum absolute atomic E-state index is 13.3. The number of halogens is 2. The molecule has 3 nitrogen and oxygen atoms in total. The van der Waals surface area contributed by atoms with Crippen LogP contribution in [0.4, 0.5) is 4.39 Å². The van der Waals surface area contributed by atoms with Gasteiger partial charge in [-0.25, -0.2) is 4.39 Å². The molecule has 2 aromatic rings. The SMILES string of the molecule is CN=C(NCc1ccccc1)NCc1cc(F)cc(Br)c1. The zero-order chi connectivity index (χ0) is 15.1. The highest BCUT2D eigenvalue weighted by Gasteiger charge is 2.01. The molecule has 0 fully saturated rings. The molecule has 5 heteroatoms. The fraction of sp³-hybridized carbons (Fsp3) is 0.188. The van der Waals surface area contributed by atoms with Crippen LogP contribution in [0.1, 0.15) is 11.1 Å². The molecule has 0 heterocycles. The first-order valence-electron chi connectivity index (χ1n) is 6.61. The number of nitrogens with one attached hydrogen (secondary N) is 2. The number of hydrogen-bond acceptors (Lipinski definition) is 1. The molecule has 2 aromatic carbocycles. The Labute approximate surface area is 132 Å². The lowest BCUT2D eigenvalue weighted by molar-refractivity contribution is 0.623. The van der Waals surface area contributed by atoms with Crippen molar-refractivity contribution in [1.29, 1.82) is 0 Å². The number of benzene rings is 2. The highest BCUT2D eigenvalue weighted by Crippen LogP contribution is 2.14. The summed E-state index contributed by atoms with van der Waals surface area (Å²) in [6.07, 6.45) is 0. The van der Waals surface area contributed by atoms with Gasteiger partial charge >= 0.3 is 0 Å². The van der Waals surface area contributed by atoms with Gasteiger partial charge in [-0.15, -0.1) is 0 Å². The monoisotopic (exact) mass is 349 g/mol. The Morgan fingerprint density at radius 1 is 1.05 bits per heavy atom. The lowest BCUT2D eigenvalue weighted by atomic mass is 10.2. The number of guanidine groups is 1. The molecule has 0 aliphatic carbocycles. The standard InChI is InChI=1S/C16H17BrFN3/c1-19-16(20-10-12-5-3-2-4-6-12)21-11-13-7-14(17)9-15(18)8-13/h2-9H,10-11H2,1H3,(H2,19,20,21). The predicted octanol–water partition coefficient (Wildman–Crippen LogP) is 3.45. The van der Waals surface area contributed by atoms with E-state index in [4.69, 9.17) is 0 Å². The van der Waals surface area contributed by atoms with Crippen molar-refractivity contribution in [2.45, 2.75) is 13.1 Å². The van der Waals surface area contributed by atoms with Gasteiger partial charge < -0.3 is 10.6 Å². The van der Waals surface area contributed by atoms with Gasteiger partial charge in [-0.3, -0.25) is 4.99 Å². The fourth-order valence-electron chi connectivity index (χ4n) is 1.90. The van der Waals surface area contributed by atoms with E-state index in [1.54, 1.807) is 7.05 Å². The molecule has 2 N–H and O–H groups in total. The van der Waals surface area contributed by atoms with Gasteiger partial charge in [0.15, 0.2) is 5.96 Å². The molecule has 0 radical (unpaired) electrons. The zero-order valence-corrected chi connectivity index (χ0v) is 13.3. The smallest absolute Gasteiger partial charge is 0.191 e. The van der Waals surface area contributed by atoms with E-state index in [0.29, 0.717) is 19.0 Å². The van der Waals surface area contributed by atoms with Gasteiger partial charge in [0.05, 0.1) is 0 Å². The largest absolute Gasteiger partial charge is 0.352 e. The summed E-state index contributed by atoms with van der Waals surface area (Å²) in [6.45, 7) is 1.19. The van der Waals surface area contributed by atoms with E-state index in [0.717, 1.165) is 10.0 Å². The van der Waals surface area contributed by atoms with Gasteiger partial charge in [0, 0.05) is 24.6 Å². The Balaban J connectivity index is 1.88. The Morgan fingerprint density at radius 2 is 1.71 bits per heavy atom. The van der Waals surface area contributed by atoms with E-state index in [9.17, 15) is 4.39 Å². The number of nitrogens with zero attached hydrogens (tertiary/aromatic N) is 1. The number of rotatable bonds is 4. The minimum Gasteiger partial charge on any atom is -0.352 e. The molecule has 0 spiro atoms. The predicted molar refractivity (Wildman–Crippen MR) is 87.6 cm³/mol. The minimum absolute atomic E-state index is 0.256.